The van der Waals surface area contributed by atoms with Gasteiger partial charge in [-0.2, -0.15) is 8.78 Å². The lowest BCUT2D eigenvalue weighted by molar-refractivity contribution is -0.136. The first-order chi connectivity index (χ1) is 15.0. The fourth-order valence-corrected chi connectivity index (χ4v) is 4.91. The highest BCUT2D eigenvalue weighted by atomic mass is 35.5. The molecule has 1 heterocycles. The van der Waals surface area contributed by atoms with Crippen molar-refractivity contribution in [1.29, 1.82) is 10.8 Å². The minimum absolute atomic E-state index is 0.0972. The maximum absolute atomic E-state index is 14.7. The standard InChI is InChI=1S/C21H16ClF4N3O2S/c1-2-21(25,26)20(28)29-14-7-6-10(22)8-12(14)18(11-4-3-5-13(23)17(11)24)32-15(19(29)27)9-16(30)31/h2-8,15,18,27-28H,1,9H2,(H,30,31)/t15-,18-/m1/s1. The fourth-order valence-electron chi connectivity index (χ4n) is 3.27. The molecule has 3 N–H and O–H groups in total. The van der Waals surface area contributed by atoms with Crippen LogP contribution in [0.4, 0.5) is 23.2 Å². The summed E-state index contributed by atoms with van der Waals surface area (Å²) in [6, 6.07) is 7.38. The van der Waals surface area contributed by atoms with Gasteiger partial charge in [0.1, 0.15) is 5.84 Å². The van der Waals surface area contributed by atoms with Crippen LogP contribution in [0.5, 0.6) is 0 Å². The molecule has 5 nitrogen and oxygen atoms in total. The van der Waals surface area contributed by atoms with E-state index in [1.54, 1.807) is 0 Å². The van der Waals surface area contributed by atoms with Crippen LogP contribution in [0.1, 0.15) is 22.8 Å². The van der Waals surface area contributed by atoms with E-state index in [0.717, 1.165) is 17.8 Å². The molecule has 11 heteroatoms. The predicted octanol–water partition coefficient (Wildman–Crippen LogP) is 5.88. The summed E-state index contributed by atoms with van der Waals surface area (Å²) in [7, 11) is 0. The molecule has 168 valence electrons. The van der Waals surface area contributed by atoms with Crippen molar-refractivity contribution >= 4 is 46.7 Å². The highest BCUT2D eigenvalue weighted by Gasteiger charge is 2.44. The Morgan fingerprint density at radius 2 is 1.97 bits per heavy atom. The molecule has 0 radical (unpaired) electrons. The molecule has 2 aromatic rings. The van der Waals surface area contributed by atoms with Crippen molar-refractivity contribution in [3.8, 4) is 0 Å². The SMILES string of the molecule is C=CC(F)(F)C(=N)N1C(=N)[C@@H](CC(=O)O)S[C@H](c2cccc(F)c2F)c2cc(Cl)ccc21. The Bertz CT molecular complexity index is 1130. The number of nitrogens with zero attached hydrogens (tertiary/aromatic N) is 1. The van der Waals surface area contributed by atoms with Gasteiger partial charge in [-0.3, -0.25) is 20.5 Å². The van der Waals surface area contributed by atoms with E-state index in [1.807, 2.05) is 0 Å². The number of hydrogen-bond donors (Lipinski definition) is 3. The number of aliphatic carboxylic acids is 1. The van der Waals surface area contributed by atoms with Gasteiger partial charge >= 0.3 is 11.9 Å². The maximum atomic E-state index is 14.7. The van der Waals surface area contributed by atoms with E-state index < -0.39 is 52.1 Å². The molecule has 0 fully saturated rings. The van der Waals surface area contributed by atoms with Crippen LogP contribution in [-0.4, -0.2) is 33.9 Å². The molecule has 0 saturated carbocycles. The molecular weight excluding hydrogens is 470 g/mol. The molecule has 0 spiro atoms. The third-order valence-electron chi connectivity index (χ3n) is 4.78. The van der Waals surface area contributed by atoms with E-state index in [2.05, 4.69) is 6.58 Å². The summed E-state index contributed by atoms with van der Waals surface area (Å²) in [5.74, 6) is -9.49. The quantitative estimate of drug-likeness (QED) is 0.213. The Hall–Kier alpha value is -2.85. The van der Waals surface area contributed by atoms with Crippen molar-refractivity contribution in [2.45, 2.75) is 22.8 Å². The molecule has 2 aromatic carbocycles. The number of carbonyl (C=O) groups is 1. The van der Waals surface area contributed by atoms with Gasteiger partial charge in [-0.15, -0.1) is 11.8 Å². The van der Waals surface area contributed by atoms with Crippen molar-refractivity contribution in [1.82, 2.24) is 0 Å². The second-order valence-electron chi connectivity index (χ2n) is 6.85. The number of nitrogens with one attached hydrogen (secondary N) is 2. The molecular formula is C21H16ClF4N3O2S. The van der Waals surface area contributed by atoms with Gasteiger partial charge in [0.15, 0.2) is 17.5 Å². The Labute approximate surface area is 189 Å². The van der Waals surface area contributed by atoms with Crippen LogP contribution in [0, 0.1) is 22.5 Å². The molecule has 0 aromatic heterocycles. The van der Waals surface area contributed by atoms with Crippen LogP contribution in [-0.2, 0) is 4.79 Å². The number of rotatable bonds is 5. The minimum Gasteiger partial charge on any atom is -0.481 e. The number of amidine groups is 2. The number of carboxylic acid groups (broad SMARTS) is 1. The van der Waals surface area contributed by atoms with Crippen molar-refractivity contribution in [3.05, 3.63) is 76.8 Å². The van der Waals surface area contributed by atoms with Crippen molar-refractivity contribution in [3.63, 3.8) is 0 Å². The Morgan fingerprint density at radius 3 is 2.59 bits per heavy atom. The average Bonchev–Trinajstić information content (AvgIpc) is 2.84. The van der Waals surface area contributed by atoms with Crippen molar-refractivity contribution in [2.75, 3.05) is 4.90 Å². The zero-order valence-corrected chi connectivity index (χ0v) is 17.8. The Kier molecular flexibility index (Phi) is 6.66. The lowest BCUT2D eigenvalue weighted by Crippen LogP contribution is -2.48. The zero-order valence-electron chi connectivity index (χ0n) is 16.2. The molecule has 3 rings (SSSR count). The smallest absolute Gasteiger partial charge is 0.322 e. The van der Waals surface area contributed by atoms with Crippen LogP contribution >= 0.6 is 23.4 Å². The molecule has 0 amide bonds. The number of benzene rings is 2. The highest BCUT2D eigenvalue weighted by Crippen LogP contribution is 2.49. The normalized spacial score (nSPS) is 18.7. The summed E-state index contributed by atoms with van der Waals surface area (Å²) in [6.07, 6.45) is -0.450. The summed E-state index contributed by atoms with van der Waals surface area (Å²) in [6.45, 7) is 3.02. The largest absolute Gasteiger partial charge is 0.481 e. The second-order valence-corrected chi connectivity index (χ2v) is 8.59. The molecule has 0 unspecified atom stereocenters. The van der Waals surface area contributed by atoms with E-state index in [9.17, 15) is 27.5 Å². The van der Waals surface area contributed by atoms with E-state index >= 15 is 0 Å². The molecule has 0 aliphatic carbocycles. The van der Waals surface area contributed by atoms with Gasteiger partial charge in [0.2, 0.25) is 0 Å². The third kappa shape index (κ3) is 4.37. The van der Waals surface area contributed by atoms with E-state index in [0.29, 0.717) is 4.90 Å². The van der Waals surface area contributed by atoms with Gasteiger partial charge in [-0.1, -0.05) is 30.3 Å². The average molecular weight is 486 g/mol. The monoisotopic (exact) mass is 485 g/mol. The molecule has 0 bridgehead atoms. The van der Waals surface area contributed by atoms with Gasteiger partial charge in [0, 0.05) is 10.6 Å². The summed E-state index contributed by atoms with van der Waals surface area (Å²) >= 11 is 6.87. The van der Waals surface area contributed by atoms with Crippen molar-refractivity contribution < 1.29 is 27.5 Å². The van der Waals surface area contributed by atoms with Crippen LogP contribution in [0.2, 0.25) is 5.02 Å². The molecule has 1 aliphatic heterocycles. The number of halogens is 5. The Balaban J connectivity index is 2.31. The number of thioether (sulfide) groups is 1. The van der Waals surface area contributed by atoms with Crippen LogP contribution in [0.15, 0.2) is 49.1 Å². The van der Waals surface area contributed by atoms with Crippen LogP contribution < -0.4 is 4.90 Å². The maximum Gasteiger partial charge on any atom is 0.322 e. The van der Waals surface area contributed by atoms with Crippen LogP contribution in [0.25, 0.3) is 0 Å². The summed E-state index contributed by atoms with van der Waals surface area (Å²) in [5, 5.41) is 23.6. The summed E-state index contributed by atoms with van der Waals surface area (Å²) in [5.41, 5.74) is -0.153. The number of fused-ring (bicyclic) bond motifs is 1. The van der Waals surface area contributed by atoms with Crippen molar-refractivity contribution in [2.24, 2.45) is 0 Å². The molecule has 2 atom stereocenters. The lowest BCUT2D eigenvalue weighted by atomic mass is 10.0. The molecule has 1 aliphatic rings. The first-order valence-corrected chi connectivity index (χ1v) is 10.4. The first-order valence-electron chi connectivity index (χ1n) is 9.07. The van der Waals surface area contributed by atoms with Gasteiger partial charge in [0.25, 0.3) is 0 Å². The first kappa shape index (κ1) is 23.8. The van der Waals surface area contributed by atoms with E-state index in [-0.39, 0.29) is 27.9 Å². The number of hydrogen-bond acceptors (Lipinski definition) is 4. The van der Waals surface area contributed by atoms with Gasteiger partial charge in [0.05, 0.1) is 22.6 Å². The zero-order chi connectivity index (χ0) is 23.8. The van der Waals surface area contributed by atoms with Crippen LogP contribution in [0.3, 0.4) is 0 Å². The molecule has 0 saturated heterocycles. The number of anilines is 1. The summed E-state index contributed by atoms with van der Waals surface area (Å²) in [4.78, 5) is 12.0. The predicted molar refractivity (Wildman–Crippen MR) is 116 cm³/mol. The lowest BCUT2D eigenvalue weighted by Gasteiger charge is -2.30. The molecule has 32 heavy (non-hydrogen) atoms. The van der Waals surface area contributed by atoms with Gasteiger partial charge in [-0.25, -0.2) is 8.78 Å². The Morgan fingerprint density at radius 1 is 1.28 bits per heavy atom. The van der Waals surface area contributed by atoms with Gasteiger partial charge < -0.3 is 5.11 Å². The van der Waals surface area contributed by atoms with E-state index in [4.69, 9.17) is 22.4 Å². The van der Waals surface area contributed by atoms with Gasteiger partial charge in [-0.05, 0) is 35.9 Å². The third-order valence-corrected chi connectivity index (χ3v) is 6.51. The highest BCUT2D eigenvalue weighted by molar-refractivity contribution is 8.01. The van der Waals surface area contributed by atoms with E-state index in [1.165, 1.54) is 30.3 Å². The topological polar surface area (TPSA) is 88.2 Å². The second kappa shape index (κ2) is 8.95. The number of carboxylic acids is 1. The summed E-state index contributed by atoms with van der Waals surface area (Å²) < 4.78 is 57.5. The fraction of sp³-hybridized carbons (Fsp3) is 0.190. The number of alkyl halides is 2. The minimum atomic E-state index is -3.86.